The summed E-state index contributed by atoms with van der Waals surface area (Å²) in [6, 6.07) is 8.53. The van der Waals surface area contributed by atoms with Gasteiger partial charge in [-0.3, -0.25) is 0 Å². The van der Waals surface area contributed by atoms with Gasteiger partial charge >= 0.3 is 0 Å². The van der Waals surface area contributed by atoms with Crippen LogP contribution in [0.1, 0.15) is 11.1 Å². The summed E-state index contributed by atoms with van der Waals surface area (Å²) in [5, 5.41) is 0. The first-order chi connectivity index (χ1) is 8.74. The van der Waals surface area contributed by atoms with Gasteiger partial charge in [-0.15, -0.1) is 0 Å². The van der Waals surface area contributed by atoms with Gasteiger partial charge in [-0.25, -0.2) is 4.98 Å². The van der Waals surface area contributed by atoms with Gasteiger partial charge in [-0.1, -0.05) is 24.3 Å². The van der Waals surface area contributed by atoms with E-state index in [0.29, 0.717) is 4.77 Å². The van der Waals surface area contributed by atoms with E-state index in [0.717, 1.165) is 25.5 Å². The molecule has 0 saturated heterocycles. The fourth-order valence-electron chi connectivity index (χ4n) is 2.20. The van der Waals surface area contributed by atoms with Gasteiger partial charge in [-0.05, 0) is 29.8 Å². The summed E-state index contributed by atoms with van der Waals surface area (Å²) in [5.41, 5.74) is 2.78. The first-order valence-corrected chi connectivity index (χ1v) is 6.36. The van der Waals surface area contributed by atoms with Crippen LogP contribution in [0.4, 0.5) is 5.95 Å². The van der Waals surface area contributed by atoms with Crippen LogP contribution < -0.4 is 4.90 Å². The molecular formula is C13H14N4S. The average Bonchev–Trinajstić information content (AvgIpc) is 2.41. The minimum Gasteiger partial charge on any atom is -0.336 e. The molecule has 0 spiro atoms. The van der Waals surface area contributed by atoms with Gasteiger partial charge in [0.2, 0.25) is 10.7 Å². The zero-order chi connectivity index (χ0) is 12.5. The normalized spacial score (nSPS) is 14.4. The number of nitrogens with zero attached hydrogens (tertiary/aromatic N) is 4. The monoisotopic (exact) mass is 258 g/mol. The zero-order valence-electron chi connectivity index (χ0n) is 10.2. The third-order valence-corrected chi connectivity index (χ3v) is 3.64. The highest BCUT2D eigenvalue weighted by Crippen LogP contribution is 2.21. The van der Waals surface area contributed by atoms with E-state index in [1.165, 1.54) is 11.1 Å². The molecule has 0 radical (unpaired) electrons. The molecule has 0 bridgehead atoms. The molecular weight excluding hydrogens is 244 g/mol. The Bertz CT molecular complexity index is 635. The summed E-state index contributed by atoms with van der Waals surface area (Å²) in [4.78, 5) is 10.9. The number of benzene rings is 1. The predicted molar refractivity (Wildman–Crippen MR) is 73.0 cm³/mol. The quantitative estimate of drug-likeness (QED) is 0.734. The van der Waals surface area contributed by atoms with Crippen molar-refractivity contribution in [1.82, 2.24) is 14.5 Å². The van der Waals surface area contributed by atoms with Crippen LogP contribution in [-0.2, 0) is 20.0 Å². The molecule has 4 nitrogen and oxygen atoms in total. The number of anilines is 1. The molecule has 0 aliphatic carbocycles. The Morgan fingerprint density at radius 3 is 2.78 bits per heavy atom. The van der Waals surface area contributed by atoms with Gasteiger partial charge in [0.15, 0.2) is 0 Å². The maximum absolute atomic E-state index is 5.17. The lowest BCUT2D eigenvalue weighted by molar-refractivity contribution is 0.688. The van der Waals surface area contributed by atoms with Crippen molar-refractivity contribution in [2.24, 2.45) is 7.05 Å². The van der Waals surface area contributed by atoms with Crippen molar-refractivity contribution in [2.75, 3.05) is 11.4 Å². The number of hydrogen-bond acceptors (Lipinski definition) is 4. The maximum Gasteiger partial charge on any atom is 0.229 e. The molecule has 0 atom stereocenters. The molecule has 0 N–H and O–H groups in total. The van der Waals surface area contributed by atoms with Crippen LogP contribution in [0.2, 0.25) is 0 Å². The maximum atomic E-state index is 5.17. The smallest absolute Gasteiger partial charge is 0.229 e. The zero-order valence-corrected chi connectivity index (χ0v) is 11.0. The SMILES string of the molecule is Cn1cnc(N2CCc3ccccc3C2)nc1=S. The molecule has 0 fully saturated rings. The van der Waals surface area contributed by atoms with Crippen LogP contribution in [0, 0.1) is 4.77 Å². The molecule has 0 saturated carbocycles. The first kappa shape index (κ1) is 11.3. The van der Waals surface area contributed by atoms with Gasteiger partial charge in [-0.2, -0.15) is 4.98 Å². The molecule has 2 heterocycles. The van der Waals surface area contributed by atoms with Gasteiger partial charge in [0.25, 0.3) is 0 Å². The van der Waals surface area contributed by atoms with Gasteiger partial charge < -0.3 is 9.47 Å². The molecule has 1 aromatic carbocycles. The molecule has 5 heteroatoms. The van der Waals surface area contributed by atoms with Crippen LogP contribution in [0.5, 0.6) is 0 Å². The van der Waals surface area contributed by atoms with Gasteiger partial charge in [0.1, 0.15) is 6.33 Å². The Balaban J connectivity index is 1.92. The third kappa shape index (κ3) is 2.01. The number of rotatable bonds is 1. The Morgan fingerprint density at radius 2 is 2.00 bits per heavy atom. The summed E-state index contributed by atoms with van der Waals surface area (Å²) in [5.74, 6) is 0.729. The minimum atomic E-state index is 0.568. The predicted octanol–water partition coefficient (Wildman–Crippen LogP) is 2.11. The lowest BCUT2D eigenvalue weighted by atomic mass is 10.0. The minimum absolute atomic E-state index is 0.568. The fraction of sp³-hybridized carbons (Fsp3) is 0.308. The van der Waals surface area contributed by atoms with E-state index in [2.05, 4.69) is 39.1 Å². The molecule has 92 valence electrons. The summed E-state index contributed by atoms with van der Waals surface area (Å²) in [6.45, 7) is 1.80. The topological polar surface area (TPSA) is 34.0 Å². The van der Waals surface area contributed by atoms with Crippen LogP contribution in [-0.4, -0.2) is 21.1 Å². The largest absolute Gasteiger partial charge is 0.336 e. The second-order valence-electron chi connectivity index (χ2n) is 4.49. The van der Waals surface area contributed by atoms with Crippen LogP contribution >= 0.6 is 12.2 Å². The Kier molecular flexibility index (Phi) is 2.83. The number of hydrogen-bond donors (Lipinski definition) is 0. The van der Waals surface area contributed by atoms with Crippen LogP contribution in [0.3, 0.4) is 0 Å². The third-order valence-electron chi connectivity index (χ3n) is 3.26. The summed E-state index contributed by atoms with van der Waals surface area (Å²) >= 11 is 5.17. The summed E-state index contributed by atoms with van der Waals surface area (Å²) < 4.78 is 2.32. The Labute approximate surface area is 111 Å². The first-order valence-electron chi connectivity index (χ1n) is 5.95. The van der Waals surface area contributed by atoms with E-state index in [9.17, 15) is 0 Å². The van der Waals surface area contributed by atoms with Gasteiger partial charge in [0.05, 0.1) is 0 Å². The molecule has 0 unspecified atom stereocenters. The molecule has 1 aromatic heterocycles. The number of fused-ring (bicyclic) bond motifs is 1. The van der Waals surface area contributed by atoms with Crippen molar-refractivity contribution < 1.29 is 0 Å². The van der Waals surface area contributed by atoms with E-state index in [1.807, 2.05) is 7.05 Å². The van der Waals surface area contributed by atoms with Crippen molar-refractivity contribution in [3.8, 4) is 0 Å². The molecule has 1 aliphatic rings. The van der Waals surface area contributed by atoms with E-state index >= 15 is 0 Å². The fourth-order valence-corrected chi connectivity index (χ4v) is 2.33. The Hall–Kier alpha value is -1.75. The lowest BCUT2D eigenvalue weighted by Gasteiger charge is -2.28. The van der Waals surface area contributed by atoms with Crippen LogP contribution in [0.15, 0.2) is 30.6 Å². The molecule has 1 aliphatic heterocycles. The van der Waals surface area contributed by atoms with Crippen molar-refractivity contribution >= 4 is 18.2 Å². The average molecular weight is 258 g/mol. The van der Waals surface area contributed by atoms with Crippen LogP contribution in [0.25, 0.3) is 0 Å². The lowest BCUT2D eigenvalue weighted by Crippen LogP contribution is -2.32. The highest BCUT2D eigenvalue weighted by Gasteiger charge is 2.17. The second-order valence-corrected chi connectivity index (χ2v) is 4.86. The van der Waals surface area contributed by atoms with Crippen molar-refractivity contribution in [3.63, 3.8) is 0 Å². The van der Waals surface area contributed by atoms with Crippen molar-refractivity contribution in [3.05, 3.63) is 46.5 Å². The number of aromatic nitrogens is 3. The molecule has 2 aromatic rings. The van der Waals surface area contributed by atoms with Gasteiger partial charge in [0, 0.05) is 20.1 Å². The van der Waals surface area contributed by atoms with E-state index in [1.54, 1.807) is 10.9 Å². The highest BCUT2D eigenvalue weighted by molar-refractivity contribution is 7.71. The van der Waals surface area contributed by atoms with E-state index in [-0.39, 0.29) is 0 Å². The Morgan fingerprint density at radius 1 is 1.22 bits per heavy atom. The second kappa shape index (κ2) is 4.49. The molecule has 3 rings (SSSR count). The standard InChI is InChI=1S/C13H14N4S/c1-16-9-14-12(15-13(16)18)17-7-6-10-4-2-3-5-11(10)8-17/h2-5,9H,6-8H2,1H3. The van der Waals surface area contributed by atoms with E-state index in [4.69, 9.17) is 12.2 Å². The highest BCUT2D eigenvalue weighted by atomic mass is 32.1. The van der Waals surface area contributed by atoms with E-state index < -0.39 is 0 Å². The van der Waals surface area contributed by atoms with Crippen molar-refractivity contribution in [1.29, 1.82) is 0 Å². The van der Waals surface area contributed by atoms with Crippen molar-refractivity contribution in [2.45, 2.75) is 13.0 Å². The number of aryl methyl sites for hydroxylation is 1. The summed E-state index contributed by atoms with van der Waals surface area (Å²) in [6.07, 6.45) is 2.76. The summed E-state index contributed by atoms with van der Waals surface area (Å²) in [7, 11) is 1.86. The molecule has 18 heavy (non-hydrogen) atoms. The molecule has 0 amide bonds.